The Kier molecular flexibility index (Phi) is 8.99. The van der Waals surface area contributed by atoms with Crippen molar-refractivity contribution in [3.05, 3.63) is 94.0 Å². The fourth-order valence-corrected chi connectivity index (χ4v) is 10.6. The second-order valence-electron chi connectivity index (χ2n) is 13.2. The van der Waals surface area contributed by atoms with Gasteiger partial charge in [-0.3, -0.25) is 14.4 Å². The Balaban J connectivity index is 1.28. The number of nitrogens with zero attached hydrogens (tertiary/aromatic N) is 2. The Morgan fingerprint density at radius 1 is 1.09 bits per heavy atom. The third-order valence-electron chi connectivity index (χ3n) is 9.82. The molecule has 0 aromatic heterocycles. The van der Waals surface area contributed by atoms with Crippen LogP contribution in [0.4, 0.5) is 11.4 Å². The van der Waals surface area contributed by atoms with Crippen LogP contribution in [0, 0.1) is 5.92 Å². The molecule has 3 N–H and O–H groups in total. The number of benzene rings is 3. The molecule has 3 aromatic rings. The average molecular weight is 707 g/mol. The van der Waals surface area contributed by atoms with Crippen LogP contribution in [-0.2, 0) is 26.5 Å². The predicted molar refractivity (Wildman–Crippen MR) is 182 cm³/mol. The number of hydrogen-bond acceptors (Lipinski definition) is 6. The largest absolute Gasteiger partial charge is 0.432 e. The summed E-state index contributed by atoms with van der Waals surface area (Å²) >= 11 is 3.59. The van der Waals surface area contributed by atoms with E-state index in [-0.39, 0.29) is 48.9 Å². The smallest absolute Gasteiger partial charge is 0.264 e. The Morgan fingerprint density at radius 3 is 2.48 bits per heavy atom. The highest BCUT2D eigenvalue weighted by molar-refractivity contribution is 9.10. The second kappa shape index (κ2) is 12.7. The monoisotopic (exact) mass is 705 g/mol. The van der Waals surface area contributed by atoms with Crippen molar-refractivity contribution in [2.45, 2.75) is 69.1 Å². The minimum Gasteiger partial charge on any atom is -0.432 e. The number of carbonyl (C=O) groups is 3. The molecule has 2 fully saturated rings. The number of aliphatic hydroxyl groups excluding tert-OH is 1. The van der Waals surface area contributed by atoms with E-state index in [1.165, 1.54) is 0 Å². The first-order valence-electron chi connectivity index (χ1n) is 15.8. The predicted octanol–water partition coefficient (Wildman–Crippen LogP) is 5.42. The molecule has 0 radical (unpaired) electrons. The van der Waals surface area contributed by atoms with Gasteiger partial charge < -0.3 is 29.8 Å². The van der Waals surface area contributed by atoms with Crippen molar-refractivity contribution in [3.63, 3.8) is 0 Å². The molecule has 9 nitrogen and oxygen atoms in total. The van der Waals surface area contributed by atoms with Crippen LogP contribution in [0.3, 0.4) is 0 Å². The molecule has 1 spiro atoms. The maximum Gasteiger partial charge on any atom is 0.264 e. The molecule has 242 valence electrons. The summed E-state index contributed by atoms with van der Waals surface area (Å²) in [6.45, 7) is 6.42. The first-order chi connectivity index (χ1) is 21.9. The average Bonchev–Trinajstić information content (AvgIpc) is 3.69. The molecule has 0 bridgehead atoms. The standard InChI is InChI=1S/C35H40BrN3O6Si/c1-22-32(46(2,3)44)30(19-31(41)38-17-7-10-27(38)21-40)45-35(22)28-18-25(36)13-16-29(28)39(34(35)43)20-23-11-14-26(15-12-23)37-33(42)24-8-5-4-6-9-24/h4-6,8-9,11-16,18,22,27,30,32,40,44H,7,10,17,19-21H2,1-3H3,(H,37,42)/t22-,27-,30+,32-,35+/m0/s1. The lowest BCUT2D eigenvalue weighted by atomic mass is 9.82. The SMILES string of the molecule is C[C@H]1[C@H]([Si](C)(C)O)[C@@H](CC(=O)N2CCC[C@H]2CO)O[C@]12C(=O)N(Cc1ccc(NC(=O)c3ccccc3)cc1)c1ccc(Br)cc12. The lowest BCUT2D eigenvalue weighted by Crippen LogP contribution is -2.46. The molecule has 6 rings (SSSR count). The molecule has 3 aromatic carbocycles. The minimum absolute atomic E-state index is 0.0387. The number of aliphatic hydroxyl groups is 1. The fourth-order valence-electron chi connectivity index (χ4n) is 7.72. The van der Waals surface area contributed by atoms with Crippen molar-refractivity contribution in [2.24, 2.45) is 5.92 Å². The summed E-state index contributed by atoms with van der Waals surface area (Å²) in [6.07, 6.45) is 0.975. The lowest BCUT2D eigenvalue weighted by Gasteiger charge is -2.32. The van der Waals surface area contributed by atoms with Crippen molar-refractivity contribution in [1.29, 1.82) is 0 Å². The normalized spacial score (nSPS) is 25.7. The number of ether oxygens (including phenoxy) is 1. The van der Waals surface area contributed by atoms with E-state index in [0.717, 1.165) is 34.1 Å². The highest BCUT2D eigenvalue weighted by atomic mass is 79.9. The van der Waals surface area contributed by atoms with Crippen LogP contribution in [0.1, 0.15) is 47.7 Å². The second-order valence-corrected chi connectivity index (χ2v) is 18.1. The topological polar surface area (TPSA) is 119 Å². The van der Waals surface area contributed by atoms with Gasteiger partial charge in [-0.1, -0.05) is 53.2 Å². The van der Waals surface area contributed by atoms with E-state index in [0.29, 0.717) is 17.8 Å². The van der Waals surface area contributed by atoms with Crippen LogP contribution in [0.15, 0.2) is 77.3 Å². The van der Waals surface area contributed by atoms with Gasteiger partial charge in [0.25, 0.3) is 11.8 Å². The van der Waals surface area contributed by atoms with E-state index in [1.807, 2.05) is 80.7 Å². The van der Waals surface area contributed by atoms with Gasteiger partial charge in [0.15, 0.2) is 13.9 Å². The van der Waals surface area contributed by atoms with Crippen molar-refractivity contribution in [3.8, 4) is 0 Å². The fraction of sp³-hybridized carbons (Fsp3) is 0.400. The summed E-state index contributed by atoms with van der Waals surface area (Å²) in [6, 6.07) is 21.9. The first-order valence-corrected chi connectivity index (χ1v) is 19.6. The third-order valence-corrected chi connectivity index (χ3v) is 12.8. The number of fused-ring (bicyclic) bond motifs is 2. The van der Waals surface area contributed by atoms with Crippen molar-refractivity contribution < 1.29 is 29.0 Å². The van der Waals surface area contributed by atoms with Crippen LogP contribution >= 0.6 is 15.9 Å². The Hall–Kier alpha value is -3.35. The van der Waals surface area contributed by atoms with Gasteiger partial charge in [-0.15, -0.1) is 0 Å². The molecule has 46 heavy (non-hydrogen) atoms. The van der Waals surface area contributed by atoms with Crippen LogP contribution in [-0.4, -0.2) is 66.1 Å². The Bertz CT molecular complexity index is 1630. The van der Waals surface area contributed by atoms with Crippen LogP contribution in [0.5, 0.6) is 0 Å². The summed E-state index contributed by atoms with van der Waals surface area (Å²) in [7, 11) is -2.94. The number of nitrogens with one attached hydrogen (secondary N) is 1. The van der Waals surface area contributed by atoms with Crippen molar-refractivity contribution in [2.75, 3.05) is 23.4 Å². The van der Waals surface area contributed by atoms with E-state index in [4.69, 9.17) is 4.74 Å². The summed E-state index contributed by atoms with van der Waals surface area (Å²) in [5, 5.41) is 12.7. The zero-order valence-electron chi connectivity index (χ0n) is 26.3. The molecular weight excluding hydrogens is 666 g/mol. The quantitative estimate of drug-likeness (QED) is 0.270. The van der Waals surface area contributed by atoms with E-state index in [2.05, 4.69) is 21.2 Å². The zero-order chi connectivity index (χ0) is 32.8. The lowest BCUT2D eigenvalue weighted by molar-refractivity contribution is -0.150. The summed E-state index contributed by atoms with van der Waals surface area (Å²) in [5.41, 5.74) is 1.78. The number of anilines is 2. The number of halogens is 1. The minimum atomic E-state index is -2.94. The van der Waals surface area contributed by atoms with Gasteiger partial charge in [0, 0.05) is 39.3 Å². The van der Waals surface area contributed by atoms with E-state index in [9.17, 15) is 24.3 Å². The summed E-state index contributed by atoms with van der Waals surface area (Å²) < 4.78 is 7.63. The van der Waals surface area contributed by atoms with E-state index in [1.54, 1.807) is 21.9 Å². The van der Waals surface area contributed by atoms with Gasteiger partial charge in [0.2, 0.25) is 5.91 Å². The highest BCUT2D eigenvalue weighted by Crippen LogP contribution is 2.60. The van der Waals surface area contributed by atoms with Crippen LogP contribution < -0.4 is 10.2 Å². The van der Waals surface area contributed by atoms with Crippen LogP contribution in [0.2, 0.25) is 18.6 Å². The molecule has 0 saturated carbocycles. The maximum atomic E-state index is 14.7. The molecular formula is C35H40BrN3O6Si. The number of likely N-dealkylation sites (tertiary alicyclic amines) is 1. The van der Waals surface area contributed by atoms with Crippen LogP contribution in [0.25, 0.3) is 0 Å². The Morgan fingerprint density at radius 2 is 1.80 bits per heavy atom. The first kappa shape index (κ1) is 32.6. The summed E-state index contributed by atoms with van der Waals surface area (Å²) in [5.74, 6) is -0.941. The molecule has 3 heterocycles. The van der Waals surface area contributed by atoms with Gasteiger partial charge in [0.1, 0.15) is 0 Å². The van der Waals surface area contributed by atoms with E-state index >= 15 is 0 Å². The third kappa shape index (κ3) is 5.83. The summed E-state index contributed by atoms with van der Waals surface area (Å²) in [4.78, 5) is 55.9. The molecule has 3 aliphatic heterocycles. The van der Waals surface area contributed by atoms with Gasteiger partial charge in [0.05, 0.1) is 37.4 Å². The zero-order valence-corrected chi connectivity index (χ0v) is 28.9. The number of carbonyl (C=O) groups excluding carboxylic acids is 3. The molecule has 3 amide bonds. The molecule has 0 aliphatic carbocycles. The number of amides is 3. The Labute approximate surface area is 278 Å². The molecule has 11 heteroatoms. The molecule has 3 aliphatic rings. The van der Waals surface area contributed by atoms with Gasteiger partial charge in [-0.2, -0.15) is 0 Å². The van der Waals surface area contributed by atoms with Crippen molar-refractivity contribution >= 4 is 53.3 Å². The number of hydrogen-bond donors (Lipinski definition) is 3. The van der Waals surface area contributed by atoms with E-state index < -0.39 is 25.9 Å². The van der Waals surface area contributed by atoms with Crippen molar-refractivity contribution in [1.82, 2.24) is 4.90 Å². The highest BCUT2D eigenvalue weighted by Gasteiger charge is 2.66. The number of rotatable bonds is 8. The van der Waals surface area contributed by atoms with Gasteiger partial charge >= 0.3 is 0 Å². The van der Waals surface area contributed by atoms with Gasteiger partial charge in [-0.05, 0) is 74.0 Å². The maximum absolute atomic E-state index is 14.7. The molecule has 0 unspecified atom stereocenters. The molecule has 2 saturated heterocycles. The van der Waals surface area contributed by atoms with Gasteiger partial charge in [-0.25, -0.2) is 0 Å². The molecule has 5 atom stereocenters.